The first kappa shape index (κ1) is 13.8. The molecule has 1 N–H and O–H groups in total. The lowest BCUT2D eigenvalue weighted by molar-refractivity contribution is 0.103. The zero-order valence-electron chi connectivity index (χ0n) is 7.85. The molecule has 4 heteroatoms. The Morgan fingerprint density at radius 2 is 1.64 bits per heavy atom. The minimum absolute atomic E-state index is 0.691. The Kier molecular flexibility index (Phi) is 20.9. The van der Waals surface area contributed by atoms with E-state index in [4.69, 9.17) is 0 Å². The van der Waals surface area contributed by atoms with E-state index in [0.717, 1.165) is 6.54 Å². The zero-order valence-corrected chi connectivity index (χ0v) is 8.66. The smallest absolute Gasteiger partial charge is 0.0696 e. The van der Waals surface area contributed by atoms with Crippen molar-refractivity contribution in [3.05, 3.63) is 0 Å². The Labute approximate surface area is 74.0 Å². The molecule has 0 rings (SSSR count). The van der Waals surface area contributed by atoms with Crippen molar-refractivity contribution >= 4 is 11.9 Å². The van der Waals surface area contributed by atoms with Crippen molar-refractivity contribution < 1.29 is 9.47 Å². The first-order valence-electron chi connectivity index (χ1n) is 3.57. The molecule has 0 bridgehead atoms. The Bertz CT molecular complexity index is 49.7. The zero-order chi connectivity index (χ0) is 8.95. The van der Waals surface area contributed by atoms with Gasteiger partial charge in [-0.05, 0) is 6.26 Å². The molecule has 0 aromatic heterocycles. The van der Waals surface area contributed by atoms with Crippen molar-refractivity contribution in [2.45, 2.75) is 6.92 Å². The molecule has 0 aliphatic heterocycles. The lowest BCUT2D eigenvalue weighted by Crippen LogP contribution is -1.97. The van der Waals surface area contributed by atoms with Crippen LogP contribution in [-0.4, -0.2) is 40.2 Å². The Morgan fingerprint density at radius 1 is 1.18 bits per heavy atom. The van der Waals surface area contributed by atoms with Gasteiger partial charge in [0.1, 0.15) is 0 Å². The van der Waals surface area contributed by atoms with Gasteiger partial charge in [0.2, 0.25) is 0 Å². The van der Waals surface area contributed by atoms with E-state index in [1.54, 1.807) is 26.2 Å². The lowest BCUT2D eigenvalue weighted by atomic mass is 10.8. The molecule has 70 valence electrons. The summed E-state index contributed by atoms with van der Waals surface area (Å²) in [5, 5.41) is 0. The van der Waals surface area contributed by atoms with Crippen molar-refractivity contribution in [1.82, 2.24) is 4.72 Å². The van der Waals surface area contributed by atoms with Gasteiger partial charge in [-0.15, -0.1) is 0 Å². The Hall–Kier alpha value is 0.230. The second-order valence-corrected chi connectivity index (χ2v) is 2.38. The predicted molar refractivity (Wildman–Crippen MR) is 50.9 cm³/mol. The molecule has 0 fully saturated rings. The Balaban J connectivity index is 0. The van der Waals surface area contributed by atoms with Crippen LogP contribution in [0.3, 0.4) is 0 Å². The molecule has 0 heterocycles. The summed E-state index contributed by atoms with van der Waals surface area (Å²) in [5.41, 5.74) is 0. The molecule has 0 amide bonds. The second kappa shape index (κ2) is 16.7. The molecule has 0 aliphatic rings. The first-order valence-corrected chi connectivity index (χ1v) is 4.79. The molecule has 0 spiro atoms. The second-order valence-electron chi connectivity index (χ2n) is 1.69. The fraction of sp³-hybridized carbons (Fsp3) is 1.00. The molecule has 0 aliphatic carbocycles. The van der Waals surface area contributed by atoms with Crippen LogP contribution in [0.2, 0.25) is 0 Å². The quantitative estimate of drug-likeness (QED) is 0.509. The van der Waals surface area contributed by atoms with Crippen LogP contribution in [0.15, 0.2) is 0 Å². The molecule has 0 aromatic carbocycles. The fourth-order valence-electron chi connectivity index (χ4n) is 0.311. The number of methoxy groups -OCH3 is 2. The van der Waals surface area contributed by atoms with Crippen LogP contribution in [0.25, 0.3) is 0 Å². The third-order valence-corrected chi connectivity index (χ3v) is 1.36. The molecule has 3 nitrogen and oxygen atoms in total. The highest BCUT2D eigenvalue weighted by Crippen LogP contribution is 1.75. The lowest BCUT2D eigenvalue weighted by Gasteiger charge is -1.91. The highest BCUT2D eigenvalue weighted by Gasteiger charge is 1.73. The van der Waals surface area contributed by atoms with Crippen molar-refractivity contribution in [3.63, 3.8) is 0 Å². The molecule has 0 aromatic rings. The van der Waals surface area contributed by atoms with Gasteiger partial charge in [0.25, 0.3) is 0 Å². The van der Waals surface area contributed by atoms with E-state index >= 15 is 0 Å². The van der Waals surface area contributed by atoms with Crippen molar-refractivity contribution in [3.8, 4) is 0 Å². The number of hydrogen-bond acceptors (Lipinski definition) is 4. The van der Waals surface area contributed by atoms with Gasteiger partial charge in [-0.1, -0.05) is 18.9 Å². The summed E-state index contributed by atoms with van der Waals surface area (Å²) in [4.78, 5) is 0. The number of rotatable bonds is 5. The third kappa shape index (κ3) is 25.3. The number of ether oxygens (including phenoxy) is 2. The Morgan fingerprint density at radius 3 is 1.73 bits per heavy atom. The maximum atomic E-state index is 4.66. The highest BCUT2D eigenvalue weighted by atomic mass is 32.2. The van der Waals surface area contributed by atoms with E-state index in [9.17, 15) is 0 Å². The average Bonchev–Trinajstić information content (AvgIpc) is 2.04. The molecule has 0 unspecified atom stereocenters. The number of nitrogens with one attached hydrogen (secondary N) is 1. The molecule has 11 heavy (non-hydrogen) atoms. The minimum Gasteiger partial charge on any atom is -0.382 e. The van der Waals surface area contributed by atoms with Gasteiger partial charge in [-0.3, -0.25) is 4.72 Å². The summed E-state index contributed by atoms with van der Waals surface area (Å²) in [5.74, 6) is 0. The predicted octanol–water partition coefficient (Wildman–Crippen LogP) is 1.15. The first-order chi connectivity index (χ1) is 5.33. The summed E-state index contributed by atoms with van der Waals surface area (Å²) in [7, 11) is 3.30. The van der Waals surface area contributed by atoms with E-state index in [1.807, 2.05) is 6.26 Å². The summed E-state index contributed by atoms with van der Waals surface area (Å²) in [6, 6.07) is 0. The maximum Gasteiger partial charge on any atom is 0.0696 e. The SMILES string of the molecule is CCNSC.COCCOC. The normalized spacial score (nSPS) is 8.73. The molecule has 0 saturated heterocycles. The monoisotopic (exact) mass is 181 g/mol. The molecule has 0 atom stereocenters. The van der Waals surface area contributed by atoms with E-state index in [2.05, 4.69) is 21.1 Å². The highest BCUT2D eigenvalue weighted by molar-refractivity contribution is 7.96. The van der Waals surface area contributed by atoms with Crippen LogP contribution in [0, 0.1) is 0 Å². The summed E-state index contributed by atoms with van der Waals surface area (Å²) >= 11 is 1.65. The van der Waals surface area contributed by atoms with Crippen LogP contribution >= 0.6 is 11.9 Å². The van der Waals surface area contributed by atoms with Gasteiger partial charge < -0.3 is 9.47 Å². The largest absolute Gasteiger partial charge is 0.382 e. The van der Waals surface area contributed by atoms with E-state index in [-0.39, 0.29) is 0 Å². The fourth-order valence-corrected chi connectivity index (χ4v) is 0.600. The van der Waals surface area contributed by atoms with Crippen molar-refractivity contribution in [2.75, 3.05) is 40.2 Å². The van der Waals surface area contributed by atoms with Crippen molar-refractivity contribution in [1.29, 1.82) is 0 Å². The van der Waals surface area contributed by atoms with Gasteiger partial charge in [0.15, 0.2) is 0 Å². The standard InChI is InChI=1S/C4H10O2.C3H9NS/c1-5-3-4-6-2;1-3-4-5-2/h3-4H2,1-2H3;4H,3H2,1-2H3. The molecule has 0 saturated carbocycles. The maximum absolute atomic E-state index is 4.66. The third-order valence-electron chi connectivity index (χ3n) is 0.780. The van der Waals surface area contributed by atoms with Crippen LogP contribution in [0.5, 0.6) is 0 Å². The van der Waals surface area contributed by atoms with Crippen LogP contribution in [0.4, 0.5) is 0 Å². The van der Waals surface area contributed by atoms with Crippen LogP contribution in [0.1, 0.15) is 6.92 Å². The molecular formula is C7H19NO2S. The van der Waals surface area contributed by atoms with E-state index < -0.39 is 0 Å². The summed E-state index contributed by atoms with van der Waals surface area (Å²) < 4.78 is 12.3. The molecular weight excluding hydrogens is 162 g/mol. The minimum atomic E-state index is 0.691. The summed E-state index contributed by atoms with van der Waals surface area (Å²) in [6.07, 6.45) is 2.02. The molecule has 0 radical (unpaired) electrons. The van der Waals surface area contributed by atoms with Gasteiger partial charge in [0.05, 0.1) is 13.2 Å². The summed E-state index contributed by atoms with van der Waals surface area (Å²) in [6.45, 7) is 4.52. The van der Waals surface area contributed by atoms with E-state index in [1.165, 1.54) is 0 Å². The van der Waals surface area contributed by atoms with Crippen molar-refractivity contribution in [2.24, 2.45) is 0 Å². The topological polar surface area (TPSA) is 30.5 Å². The number of hydrogen-bond donors (Lipinski definition) is 1. The van der Waals surface area contributed by atoms with Gasteiger partial charge in [0, 0.05) is 20.8 Å². The van der Waals surface area contributed by atoms with Crippen LogP contribution in [-0.2, 0) is 9.47 Å². The average molecular weight is 181 g/mol. The van der Waals surface area contributed by atoms with E-state index in [0.29, 0.717) is 13.2 Å². The van der Waals surface area contributed by atoms with Gasteiger partial charge in [-0.25, -0.2) is 0 Å². The van der Waals surface area contributed by atoms with Crippen LogP contribution < -0.4 is 4.72 Å². The van der Waals surface area contributed by atoms with Gasteiger partial charge in [-0.2, -0.15) is 0 Å². The van der Waals surface area contributed by atoms with Gasteiger partial charge >= 0.3 is 0 Å².